The molecule has 1 aromatic carbocycles. The van der Waals surface area contributed by atoms with Gasteiger partial charge in [-0.3, -0.25) is 0 Å². The Balaban J connectivity index is 1.73. The van der Waals surface area contributed by atoms with E-state index in [4.69, 9.17) is 4.74 Å². The first-order chi connectivity index (χ1) is 15.4. The maximum absolute atomic E-state index is 14.7. The molecule has 0 amide bonds. The van der Waals surface area contributed by atoms with E-state index < -0.39 is 15.8 Å². The number of hydrogen-bond acceptors (Lipinski definition) is 7. The number of benzene rings is 1. The molecule has 1 aliphatic rings. The van der Waals surface area contributed by atoms with Crippen LogP contribution in [0, 0.1) is 23.1 Å². The molecule has 2 heterocycles. The van der Waals surface area contributed by atoms with Gasteiger partial charge in [0.15, 0.2) is 11.6 Å². The van der Waals surface area contributed by atoms with Crippen LogP contribution >= 0.6 is 11.8 Å². The summed E-state index contributed by atoms with van der Waals surface area (Å²) >= 11 is 1.48. The predicted molar refractivity (Wildman–Crippen MR) is 122 cm³/mol. The fourth-order valence-corrected chi connectivity index (χ4v) is 5.80. The normalized spacial score (nSPS) is 17.5. The van der Waals surface area contributed by atoms with Crippen LogP contribution in [0.3, 0.4) is 0 Å². The van der Waals surface area contributed by atoms with Crippen LogP contribution in [0.1, 0.15) is 30.4 Å². The van der Waals surface area contributed by atoms with Crippen LogP contribution in [0.2, 0.25) is 0 Å². The standard InChI is InChI=1S/C22H27FN4O3S2/c1-30-15-17-5-3-4-8-27(14-17)32(28,29)19-10-20(23)22(26-13-19)25-12-16-6-7-21(31-2)18(9-16)11-24/h6-7,9-10,13,17H,3-5,8,12,14-15H2,1-2H3,(H,25,26). The van der Waals surface area contributed by atoms with Crippen molar-refractivity contribution in [1.29, 1.82) is 5.26 Å². The van der Waals surface area contributed by atoms with Gasteiger partial charge < -0.3 is 10.1 Å². The quantitative estimate of drug-likeness (QED) is 0.576. The molecule has 0 saturated carbocycles. The number of sulfonamides is 1. The fourth-order valence-electron chi connectivity index (χ4n) is 3.76. The van der Waals surface area contributed by atoms with Gasteiger partial charge in [-0.15, -0.1) is 11.8 Å². The van der Waals surface area contributed by atoms with Gasteiger partial charge in [0, 0.05) is 37.8 Å². The zero-order chi connectivity index (χ0) is 23.1. The molecule has 1 N–H and O–H groups in total. The van der Waals surface area contributed by atoms with E-state index in [-0.39, 0.29) is 23.2 Å². The molecule has 7 nitrogen and oxygen atoms in total. The van der Waals surface area contributed by atoms with Crippen molar-refractivity contribution < 1.29 is 17.5 Å². The summed E-state index contributed by atoms with van der Waals surface area (Å²) in [5.74, 6) is -0.660. The Morgan fingerprint density at radius 1 is 1.38 bits per heavy atom. The van der Waals surface area contributed by atoms with E-state index in [1.165, 1.54) is 22.3 Å². The molecule has 3 rings (SSSR count). The molecule has 1 aromatic heterocycles. The van der Waals surface area contributed by atoms with Gasteiger partial charge in [-0.1, -0.05) is 12.5 Å². The van der Waals surface area contributed by atoms with E-state index in [1.807, 2.05) is 18.4 Å². The number of aromatic nitrogens is 1. The highest BCUT2D eigenvalue weighted by Gasteiger charge is 2.30. The summed E-state index contributed by atoms with van der Waals surface area (Å²) in [5.41, 5.74) is 1.35. The minimum Gasteiger partial charge on any atom is -0.384 e. The minimum atomic E-state index is -3.85. The highest BCUT2D eigenvalue weighted by Crippen LogP contribution is 2.25. The zero-order valence-corrected chi connectivity index (χ0v) is 19.8. The molecule has 1 fully saturated rings. The van der Waals surface area contributed by atoms with E-state index >= 15 is 0 Å². The Morgan fingerprint density at radius 3 is 2.88 bits per heavy atom. The third-order valence-electron chi connectivity index (χ3n) is 5.43. The summed E-state index contributed by atoms with van der Waals surface area (Å²) in [7, 11) is -2.25. The minimum absolute atomic E-state index is 0.0375. The molecule has 0 aliphatic carbocycles. The van der Waals surface area contributed by atoms with Crippen molar-refractivity contribution in [1.82, 2.24) is 9.29 Å². The lowest BCUT2D eigenvalue weighted by molar-refractivity contribution is 0.141. The van der Waals surface area contributed by atoms with Crippen LogP contribution in [-0.2, 0) is 21.3 Å². The third kappa shape index (κ3) is 5.78. The molecule has 172 valence electrons. The first kappa shape index (κ1) is 24.5. The lowest BCUT2D eigenvalue weighted by Gasteiger charge is -2.23. The van der Waals surface area contributed by atoms with Crippen molar-refractivity contribution in [3.8, 4) is 6.07 Å². The van der Waals surface area contributed by atoms with Gasteiger partial charge in [-0.2, -0.15) is 9.57 Å². The van der Waals surface area contributed by atoms with Crippen LogP contribution in [0.15, 0.2) is 40.3 Å². The monoisotopic (exact) mass is 478 g/mol. The van der Waals surface area contributed by atoms with Gasteiger partial charge in [-0.05, 0) is 48.8 Å². The number of nitriles is 1. The molecule has 1 aliphatic heterocycles. The molecule has 1 atom stereocenters. The van der Waals surface area contributed by atoms with Gasteiger partial charge in [0.05, 0.1) is 12.2 Å². The van der Waals surface area contributed by atoms with Crippen LogP contribution in [-0.4, -0.2) is 50.8 Å². The summed E-state index contributed by atoms with van der Waals surface area (Å²) in [6.45, 7) is 1.50. The maximum Gasteiger partial charge on any atom is 0.244 e. The van der Waals surface area contributed by atoms with Crippen LogP contribution in [0.25, 0.3) is 0 Å². The molecule has 0 bridgehead atoms. The SMILES string of the molecule is COCC1CCCCN(S(=O)(=O)c2cnc(NCc3ccc(SC)c(C#N)c3)c(F)c2)C1. The lowest BCUT2D eigenvalue weighted by Crippen LogP contribution is -2.35. The predicted octanol–water partition coefficient (Wildman–Crippen LogP) is 3.86. The van der Waals surface area contributed by atoms with Crippen molar-refractivity contribution in [2.24, 2.45) is 5.92 Å². The number of pyridine rings is 1. The summed E-state index contributed by atoms with van der Waals surface area (Å²) < 4.78 is 47.5. The maximum atomic E-state index is 14.7. The summed E-state index contributed by atoms with van der Waals surface area (Å²) in [6, 6.07) is 8.60. The highest BCUT2D eigenvalue weighted by molar-refractivity contribution is 7.98. The molecule has 1 unspecified atom stereocenters. The Labute approximate surface area is 193 Å². The van der Waals surface area contributed by atoms with E-state index in [9.17, 15) is 18.1 Å². The Morgan fingerprint density at radius 2 is 2.19 bits per heavy atom. The average molecular weight is 479 g/mol. The van der Waals surface area contributed by atoms with Crippen LogP contribution < -0.4 is 5.32 Å². The largest absolute Gasteiger partial charge is 0.384 e. The zero-order valence-electron chi connectivity index (χ0n) is 18.2. The van der Waals surface area contributed by atoms with Crippen molar-refractivity contribution in [2.75, 3.05) is 38.4 Å². The molecular weight excluding hydrogens is 451 g/mol. The number of methoxy groups -OCH3 is 1. The highest BCUT2D eigenvalue weighted by atomic mass is 32.2. The second-order valence-corrected chi connectivity index (χ2v) is 10.5. The number of anilines is 1. The van der Waals surface area contributed by atoms with Crippen LogP contribution in [0.5, 0.6) is 0 Å². The number of nitrogens with zero attached hydrogens (tertiary/aromatic N) is 3. The van der Waals surface area contributed by atoms with Crippen molar-refractivity contribution in [2.45, 2.75) is 35.6 Å². The topological polar surface area (TPSA) is 95.3 Å². The lowest BCUT2D eigenvalue weighted by atomic mass is 10.1. The van der Waals surface area contributed by atoms with E-state index in [0.29, 0.717) is 25.3 Å². The molecule has 10 heteroatoms. The second-order valence-electron chi connectivity index (χ2n) is 7.68. The van der Waals surface area contributed by atoms with Gasteiger partial charge in [0.1, 0.15) is 11.0 Å². The van der Waals surface area contributed by atoms with Gasteiger partial charge >= 0.3 is 0 Å². The number of rotatable bonds is 8. The fraction of sp³-hybridized carbons (Fsp3) is 0.455. The molecule has 0 radical (unpaired) electrons. The summed E-state index contributed by atoms with van der Waals surface area (Å²) in [6.07, 6.45) is 5.68. The van der Waals surface area contributed by atoms with E-state index in [2.05, 4.69) is 16.4 Å². The van der Waals surface area contributed by atoms with Gasteiger partial charge in [0.25, 0.3) is 0 Å². The Kier molecular flexibility index (Phi) is 8.48. The molecular formula is C22H27FN4O3S2. The molecule has 1 saturated heterocycles. The third-order valence-corrected chi connectivity index (χ3v) is 8.06. The van der Waals surface area contributed by atoms with Crippen molar-refractivity contribution in [3.05, 3.63) is 47.4 Å². The smallest absolute Gasteiger partial charge is 0.244 e. The number of thioether (sulfide) groups is 1. The Bertz CT molecular complexity index is 1090. The Hall–Kier alpha value is -2.19. The van der Waals surface area contributed by atoms with Crippen molar-refractivity contribution in [3.63, 3.8) is 0 Å². The van der Waals surface area contributed by atoms with E-state index in [1.54, 1.807) is 13.2 Å². The second kappa shape index (κ2) is 11.1. The number of hydrogen-bond donors (Lipinski definition) is 1. The van der Waals surface area contributed by atoms with Crippen molar-refractivity contribution >= 4 is 27.6 Å². The van der Waals surface area contributed by atoms with E-state index in [0.717, 1.165) is 35.8 Å². The number of halogens is 1. The summed E-state index contributed by atoms with van der Waals surface area (Å²) in [4.78, 5) is 4.74. The average Bonchev–Trinajstić information content (AvgIpc) is 3.04. The van der Waals surface area contributed by atoms with Gasteiger partial charge in [0.2, 0.25) is 10.0 Å². The van der Waals surface area contributed by atoms with Gasteiger partial charge in [-0.25, -0.2) is 17.8 Å². The summed E-state index contributed by atoms with van der Waals surface area (Å²) in [5, 5.41) is 12.1. The number of nitrogens with one attached hydrogen (secondary N) is 1. The first-order valence-corrected chi connectivity index (χ1v) is 13.0. The number of ether oxygens (including phenoxy) is 1. The van der Waals surface area contributed by atoms with Crippen LogP contribution in [0.4, 0.5) is 10.2 Å². The molecule has 32 heavy (non-hydrogen) atoms. The first-order valence-electron chi connectivity index (χ1n) is 10.3. The molecule has 2 aromatic rings. The molecule has 0 spiro atoms.